The molecule has 1 fully saturated rings. The highest BCUT2D eigenvalue weighted by Crippen LogP contribution is 2.06. The zero-order chi connectivity index (χ0) is 11.1. The Labute approximate surface area is 94.6 Å². The molecule has 2 N–H and O–H groups in total. The van der Waals surface area contributed by atoms with E-state index in [0.717, 1.165) is 32.7 Å². The van der Waals surface area contributed by atoms with Crippen molar-refractivity contribution in [2.75, 3.05) is 44.3 Å². The first kappa shape index (κ1) is 13.1. The summed E-state index contributed by atoms with van der Waals surface area (Å²) in [5, 5.41) is 0. The minimum Gasteiger partial charge on any atom is -0.375 e. The van der Waals surface area contributed by atoms with E-state index < -0.39 is 10.8 Å². The fourth-order valence-corrected chi connectivity index (χ4v) is 2.98. The summed E-state index contributed by atoms with van der Waals surface area (Å²) >= 11 is 0. The highest BCUT2D eigenvalue weighted by atomic mass is 32.2. The molecular weight excluding hydrogens is 212 g/mol. The number of ether oxygens (including phenoxy) is 1. The second-order valence-electron chi connectivity index (χ2n) is 3.84. The fourth-order valence-electron chi connectivity index (χ4n) is 1.70. The molecule has 0 saturated carbocycles. The molecule has 0 aliphatic carbocycles. The maximum absolute atomic E-state index is 11.6. The standard InChI is InChI=1S/C10H22N2O2S/c1-2-12-5-6-14-10(8-12)9-15(13)7-3-4-11/h10H,2-9,11H2,1H3. The minimum absolute atomic E-state index is 0.150. The van der Waals surface area contributed by atoms with Gasteiger partial charge in [-0.05, 0) is 19.5 Å². The van der Waals surface area contributed by atoms with Crippen LogP contribution in [0.2, 0.25) is 0 Å². The normalized spacial score (nSPS) is 25.3. The third kappa shape index (κ3) is 5.06. The summed E-state index contributed by atoms with van der Waals surface area (Å²) in [6, 6.07) is 0. The quantitative estimate of drug-likeness (QED) is 0.692. The van der Waals surface area contributed by atoms with E-state index in [1.54, 1.807) is 0 Å². The van der Waals surface area contributed by atoms with Gasteiger partial charge in [0.1, 0.15) is 0 Å². The van der Waals surface area contributed by atoms with Gasteiger partial charge in [0.25, 0.3) is 0 Å². The number of likely N-dealkylation sites (N-methyl/N-ethyl adjacent to an activating group) is 1. The van der Waals surface area contributed by atoms with Crippen molar-refractivity contribution in [1.29, 1.82) is 0 Å². The van der Waals surface area contributed by atoms with Crippen LogP contribution in [0.25, 0.3) is 0 Å². The molecule has 90 valence electrons. The molecule has 1 aliphatic heterocycles. The maximum atomic E-state index is 11.6. The van der Waals surface area contributed by atoms with E-state index >= 15 is 0 Å². The number of nitrogens with two attached hydrogens (primary N) is 1. The molecule has 0 aromatic carbocycles. The topological polar surface area (TPSA) is 55.6 Å². The molecule has 2 unspecified atom stereocenters. The summed E-state index contributed by atoms with van der Waals surface area (Å²) < 4.78 is 17.2. The van der Waals surface area contributed by atoms with Crippen LogP contribution in [0.1, 0.15) is 13.3 Å². The van der Waals surface area contributed by atoms with Crippen LogP contribution in [-0.2, 0) is 15.5 Å². The van der Waals surface area contributed by atoms with Gasteiger partial charge in [-0.25, -0.2) is 0 Å². The summed E-state index contributed by atoms with van der Waals surface area (Å²) in [6.45, 7) is 6.52. The van der Waals surface area contributed by atoms with E-state index in [1.807, 2.05) is 0 Å². The van der Waals surface area contributed by atoms with Gasteiger partial charge < -0.3 is 10.5 Å². The number of hydrogen-bond donors (Lipinski definition) is 1. The Morgan fingerprint density at radius 3 is 3.07 bits per heavy atom. The van der Waals surface area contributed by atoms with Crippen molar-refractivity contribution in [3.63, 3.8) is 0 Å². The van der Waals surface area contributed by atoms with Crippen molar-refractivity contribution in [3.8, 4) is 0 Å². The lowest BCUT2D eigenvalue weighted by Crippen LogP contribution is -2.44. The van der Waals surface area contributed by atoms with E-state index in [2.05, 4.69) is 11.8 Å². The molecule has 0 aromatic rings. The van der Waals surface area contributed by atoms with Crippen LogP contribution in [0.4, 0.5) is 0 Å². The first-order valence-corrected chi connectivity index (χ1v) is 7.14. The van der Waals surface area contributed by atoms with Crippen LogP contribution in [0, 0.1) is 0 Å². The van der Waals surface area contributed by atoms with E-state index in [1.165, 1.54) is 0 Å². The van der Waals surface area contributed by atoms with Crippen LogP contribution in [0.5, 0.6) is 0 Å². The number of hydrogen-bond acceptors (Lipinski definition) is 4. The Hall–Kier alpha value is 0.0300. The molecule has 2 atom stereocenters. The minimum atomic E-state index is -0.766. The van der Waals surface area contributed by atoms with Crippen molar-refractivity contribution in [3.05, 3.63) is 0 Å². The van der Waals surface area contributed by atoms with Crippen LogP contribution in [-0.4, -0.2) is 59.5 Å². The van der Waals surface area contributed by atoms with E-state index in [4.69, 9.17) is 10.5 Å². The zero-order valence-corrected chi connectivity index (χ0v) is 10.3. The Morgan fingerprint density at radius 1 is 1.60 bits per heavy atom. The van der Waals surface area contributed by atoms with Crippen molar-refractivity contribution < 1.29 is 8.95 Å². The number of morpholine rings is 1. The molecule has 4 nitrogen and oxygen atoms in total. The molecule has 1 saturated heterocycles. The predicted octanol–water partition coefficient (Wildman–Crippen LogP) is -0.195. The van der Waals surface area contributed by atoms with Gasteiger partial charge in [0, 0.05) is 29.6 Å². The summed E-state index contributed by atoms with van der Waals surface area (Å²) in [5.74, 6) is 1.37. The summed E-state index contributed by atoms with van der Waals surface area (Å²) in [6.07, 6.45) is 0.994. The molecule has 0 bridgehead atoms. The average molecular weight is 234 g/mol. The molecular formula is C10H22N2O2S. The zero-order valence-electron chi connectivity index (χ0n) is 9.48. The van der Waals surface area contributed by atoms with Crippen molar-refractivity contribution in [1.82, 2.24) is 4.90 Å². The monoisotopic (exact) mass is 234 g/mol. The highest BCUT2D eigenvalue weighted by Gasteiger charge is 2.20. The van der Waals surface area contributed by atoms with E-state index in [9.17, 15) is 4.21 Å². The third-order valence-electron chi connectivity index (χ3n) is 2.62. The van der Waals surface area contributed by atoms with Gasteiger partial charge in [-0.3, -0.25) is 9.11 Å². The van der Waals surface area contributed by atoms with Gasteiger partial charge in [0.05, 0.1) is 18.5 Å². The lowest BCUT2D eigenvalue weighted by molar-refractivity contribution is -0.0141. The van der Waals surface area contributed by atoms with Gasteiger partial charge in [0.15, 0.2) is 0 Å². The molecule has 1 heterocycles. The molecule has 0 aromatic heterocycles. The fraction of sp³-hybridized carbons (Fsp3) is 1.00. The van der Waals surface area contributed by atoms with Crippen LogP contribution < -0.4 is 5.73 Å². The Kier molecular flexibility index (Phi) is 6.40. The highest BCUT2D eigenvalue weighted by molar-refractivity contribution is 7.85. The molecule has 0 amide bonds. The third-order valence-corrected chi connectivity index (χ3v) is 4.11. The lowest BCUT2D eigenvalue weighted by Gasteiger charge is -2.31. The van der Waals surface area contributed by atoms with Gasteiger partial charge in [-0.2, -0.15) is 0 Å². The predicted molar refractivity (Wildman–Crippen MR) is 63.4 cm³/mol. The molecule has 0 radical (unpaired) electrons. The lowest BCUT2D eigenvalue weighted by atomic mass is 10.3. The number of nitrogens with zero attached hydrogens (tertiary/aromatic N) is 1. The molecule has 0 spiro atoms. The van der Waals surface area contributed by atoms with Gasteiger partial charge in [-0.15, -0.1) is 0 Å². The van der Waals surface area contributed by atoms with Crippen LogP contribution >= 0.6 is 0 Å². The van der Waals surface area contributed by atoms with Crippen LogP contribution in [0.3, 0.4) is 0 Å². The van der Waals surface area contributed by atoms with Crippen molar-refractivity contribution in [2.24, 2.45) is 5.73 Å². The molecule has 1 rings (SSSR count). The largest absolute Gasteiger partial charge is 0.375 e. The summed E-state index contributed by atoms with van der Waals surface area (Å²) in [5.41, 5.74) is 5.38. The Balaban J connectivity index is 2.22. The van der Waals surface area contributed by atoms with E-state index in [-0.39, 0.29) is 6.10 Å². The molecule has 5 heteroatoms. The summed E-state index contributed by atoms with van der Waals surface area (Å²) in [7, 11) is -0.766. The average Bonchev–Trinajstić information content (AvgIpc) is 2.26. The van der Waals surface area contributed by atoms with Gasteiger partial charge in [0.2, 0.25) is 0 Å². The Bertz CT molecular complexity index is 202. The second kappa shape index (κ2) is 7.33. The SMILES string of the molecule is CCN1CCOC(CS(=O)CCCN)C1. The smallest absolute Gasteiger partial charge is 0.0817 e. The molecule has 15 heavy (non-hydrogen) atoms. The first-order chi connectivity index (χ1) is 7.26. The van der Waals surface area contributed by atoms with Crippen molar-refractivity contribution >= 4 is 10.8 Å². The second-order valence-corrected chi connectivity index (χ2v) is 5.46. The molecule has 1 aliphatic rings. The van der Waals surface area contributed by atoms with Gasteiger partial charge in [-0.1, -0.05) is 6.92 Å². The van der Waals surface area contributed by atoms with E-state index in [0.29, 0.717) is 18.1 Å². The van der Waals surface area contributed by atoms with Crippen molar-refractivity contribution in [2.45, 2.75) is 19.4 Å². The maximum Gasteiger partial charge on any atom is 0.0817 e. The summed E-state index contributed by atoms with van der Waals surface area (Å²) in [4.78, 5) is 2.34. The number of rotatable bonds is 6. The van der Waals surface area contributed by atoms with Crippen LogP contribution in [0.15, 0.2) is 0 Å². The first-order valence-electron chi connectivity index (χ1n) is 5.65. The Morgan fingerprint density at radius 2 is 2.40 bits per heavy atom. The van der Waals surface area contributed by atoms with Gasteiger partial charge >= 0.3 is 0 Å².